The Morgan fingerprint density at radius 1 is 0.667 bits per heavy atom. The molecule has 0 unspecified atom stereocenters. The third-order valence-corrected chi connectivity index (χ3v) is 8.14. The topological polar surface area (TPSA) is 114 Å². The van der Waals surface area contributed by atoms with Gasteiger partial charge in [-0.1, -0.05) is 25.3 Å². The van der Waals surface area contributed by atoms with Gasteiger partial charge in [-0.2, -0.15) is 0 Å². The van der Waals surface area contributed by atoms with E-state index in [0.717, 1.165) is 57.5 Å². The van der Waals surface area contributed by atoms with Crippen LogP contribution < -0.4 is 14.2 Å². The molecule has 0 aliphatic heterocycles. The van der Waals surface area contributed by atoms with Gasteiger partial charge in [-0.25, -0.2) is 9.59 Å². The van der Waals surface area contributed by atoms with Crippen molar-refractivity contribution in [2.75, 3.05) is 33.5 Å². The lowest BCUT2D eigenvalue weighted by Gasteiger charge is -2.11. The molecule has 0 fully saturated rings. The van der Waals surface area contributed by atoms with E-state index in [1.54, 1.807) is 61.7 Å². The summed E-state index contributed by atoms with van der Waals surface area (Å²) in [5, 5.41) is -0.259. The van der Waals surface area contributed by atoms with Gasteiger partial charge in [-0.3, -0.25) is 9.59 Å². The van der Waals surface area contributed by atoms with Crippen LogP contribution in [0.15, 0.2) is 108 Å². The van der Waals surface area contributed by atoms with E-state index >= 15 is 0 Å². The summed E-state index contributed by atoms with van der Waals surface area (Å²) in [5.41, 5.74) is 1.32. The lowest BCUT2D eigenvalue weighted by Crippen LogP contribution is -2.05. The second kappa shape index (κ2) is 21.2. The summed E-state index contributed by atoms with van der Waals surface area (Å²) in [6, 6.07) is 19.6. The molecule has 11 heteroatoms. The zero-order valence-electron chi connectivity index (χ0n) is 26.7. The number of benzene rings is 3. The SMILES string of the molecule is C=CC(=O)OCCCCOc1ccc(C(=O)Sc2ccc(SC(=O)C=Cc3ccc(OCCCCOC(=O)C=C)c(OC)c3)cc2)cc1. The lowest BCUT2D eigenvalue weighted by molar-refractivity contribution is -0.138. The predicted molar refractivity (Wildman–Crippen MR) is 188 cm³/mol. The van der Waals surface area contributed by atoms with E-state index in [0.29, 0.717) is 68.5 Å². The smallest absolute Gasteiger partial charge is 0.330 e. The van der Waals surface area contributed by atoms with Gasteiger partial charge in [-0.05, 0) is 122 Å². The Morgan fingerprint density at radius 3 is 1.81 bits per heavy atom. The Bertz CT molecular complexity index is 1560. The molecular weight excluding hydrogens is 653 g/mol. The minimum atomic E-state index is -0.443. The molecule has 3 aromatic carbocycles. The van der Waals surface area contributed by atoms with Crippen molar-refractivity contribution in [1.82, 2.24) is 0 Å². The van der Waals surface area contributed by atoms with Gasteiger partial charge >= 0.3 is 11.9 Å². The maximum absolute atomic E-state index is 12.8. The van der Waals surface area contributed by atoms with Crippen molar-refractivity contribution in [3.8, 4) is 17.2 Å². The van der Waals surface area contributed by atoms with E-state index < -0.39 is 11.9 Å². The van der Waals surface area contributed by atoms with Gasteiger partial charge in [0, 0.05) is 27.5 Å². The van der Waals surface area contributed by atoms with Gasteiger partial charge in [0.05, 0.1) is 33.5 Å². The van der Waals surface area contributed by atoms with Crippen LogP contribution in [0.25, 0.3) is 6.08 Å². The van der Waals surface area contributed by atoms with Crippen molar-refractivity contribution in [2.45, 2.75) is 35.5 Å². The Hall–Kier alpha value is -4.74. The van der Waals surface area contributed by atoms with E-state index in [9.17, 15) is 19.2 Å². The minimum Gasteiger partial charge on any atom is -0.494 e. The molecule has 0 aromatic heterocycles. The standard InChI is InChI=1S/C37H38O9S2/c1-4-34(38)45-24-8-6-22-43-29-14-12-28(13-15-29)37(41)48-31-18-16-30(17-19-31)47-36(40)21-11-27-10-20-32(33(26-27)42-3)44-23-7-9-25-46-35(39)5-2/h4-5,10-21,26H,1-2,6-9,22-25H2,3H3. The summed E-state index contributed by atoms with van der Waals surface area (Å²) in [6.07, 6.45) is 8.22. The third kappa shape index (κ3) is 13.9. The first kappa shape index (κ1) is 37.7. The molecule has 0 aliphatic carbocycles. The van der Waals surface area contributed by atoms with Crippen molar-refractivity contribution in [3.05, 3.63) is 109 Å². The number of thioether (sulfide) groups is 2. The van der Waals surface area contributed by atoms with Gasteiger partial charge < -0.3 is 23.7 Å². The summed E-state index contributed by atoms with van der Waals surface area (Å²) >= 11 is 2.19. The molecule has 0 saturated heterocycles. The summed E-state index contributed by atoms with van der Waals surface area (Å²) in [6.45, 7) is 8.23. The van der Waals surface area contributed by atoms with Crippen molar-refractivity contribution >= 4 is 51.8 Å². The number of ether oxygens (including phenoxy) is 5. The fraction of sp³-hybridized carbons (Fsp3) is 0.243. The van der Waals surface area contributed by atoms with Crippen LogP contribution in [0.1, 0.15) is 41.6 Å². The van der Waals surface area contributed by atoms with Crippen molar-refractivity contribution in [1.29, 1.82) is 0 Å². The van der Waals surface area contributed by atoms with Crippen LogP contribution in [0, 0.1) is 0 Å². The van der Waals surface area contributed by atoms with Crippen LogP contribution in [0.5, 0.6) is 17.2 Å². The third-order valence-electron chi connectivity index (χ3n) is 6.37. The summed E-state index contributed by atoms with van der Waals surface area (Å²) < 4.78 is 26.8. The number of methoxy groups -OCH3 is 1. The van der Waals surface area contributed by atoms with E-state index in [1.165, 1.54) is 6.08 Å². The highest BCUT2D eigenvalue weighted by Crippen LogP contribution is 2.30. The molecule has 0 bridgehead atoms. The van der Waals surface area contributed by atoms with Crippen LogP contribution in [-0.4, -0.2) is 55.7 Å². The molecular formula is C37H38O9S2. The molecule has 0 aliphatic rings. The monoisotopic (exact) mass is 690 g/mol. The van der Waals surface area contributed by atoms with Crippen molar-refractivity contribution < 1.29 is 42.9 Å². The molecule has 48 heavy (non-hydrogen) atoms. The fourth-order valence-electron chi connectivity index (χ4n) is 3.89. The van der Waals surface area contributed by atoms with Crippen molar-refractivity contribution in [2.24, 2.45) is 0 Å². The van der Waals surface area contributed by atoms with Crippen LogP contribution in [-0.2, 0) is 23.9 Å². The average molecular weight is 691 g/mol. The Kier molecular flexibility index (Phi) is 16.7. The summed E-state index contributed by atoms with van der Waals surface area (Å²) in [7, 11) is 1.55. The van der Waals surface area contributed by atoms with Crippen LogP contribution in [0.2, 0.25) is 0 Å². The number of esters is 2. The van der Waals surface area contributed by atoms with E-state index in [4.69, 9.17) is 23.7 Å². The first-order valence-corrected chi connectivity index (χ1v) is 16.8. The first-order chi connectivity index (χ1) is 23.3. The quantitative estimate of drug-likeness (QED) is 0.0502. The molecule has 9 nitrogen and oxygen atoms in total. The van der Waals surface area contributed by atoms with Gasteiger partial charge in [0.1, 0.15) is 5.75 Å². The molecule has 0 N–H and O–H groups in total. The molecule has 0 saturated carbocycles. The van der Waals surface area contributed by atoms with Crippen LogP contribution in [0.3, 0.4) is 0 Å². The minimum absolute atomic E-state index is 0.108. The van der Waals surface area contributed by atoms with Gasteiger partial charge in [-0.15, -0.1) is 0 Å². The maximum atomic E-state index is 12.8. The Morgan fingerprint density at radius 2 is 1.23 bits per heavy atom. The Labute approximate surface area is 289 Å². The number of carbonyl (C=O) groups is 4. The second-order valence-electron chi connectivity index (χ2n) is 9.90. The maximum Gasteiger partial charge on any atom is 0.330 e. The highest BCUT2D eigenvalue weighted by Gasteiger charge is 2.10. The number of rotatable bonds is 20. The zero-order valence-corrected chi connectivity index (χ0v) is 28.4. The van der Waals surface area contributed by atoms with Crippen LogP contribution in [0.4, 0.5) is 0 Å². The second-order valence-corrected chi connectivity index (χ2v) is 12.0. The van der Waals surface area contributed by atoms with E-state index in [1.807, 2.05) is 18.2 Å². The van der Waals surface area contributed by atoms with E-state index in [2.05, 4.69) is 13.2 Å². The fourth-order valence-corrected chi connectivity index (χ4v) is 5.27. The summed E-state index contributed by atoms with van der Waals surface area (Å²) in [4.78, 5) is 49.0. The molecule has 0 spiro atoms. The first-order valence-electron chi connectivity index (χ1n) is 15.2. The highest BCUT2D eigenvalue weighted by molar-refractivity contribution is 8.14. The normalized spacial score (nSPS) is 10.6. The van der Waals surface area contributed by atoms with Gasteiger partial charge in [0.15, 0.2) is 11.5 Å². The van der Waals surface area contributed by atoms with Crippen molar-refractivity contribution in [3.63, 3.8) is 0 Å². The highest BCUT2D eigenvalue weighted by atomic mass is 32.2. The largest absolute Gasteiger partial charge is 0.494 e. The Balaban J connectivity index is 1.40. The number of hydrogen-bond donors (Lipinski definition) is 0. The summed E-state index contributed by atoms with van der Waals surface area (Å²) in [5.74, 6) is 0.892. The molecule has 0 amide bonds. The lowest BCUT2D eigenvalue weighted by atomic mass is 10.2. The molecule has 0 atom stereocenters. The molecule has 252 valence electrons. The molecule has 3 aromatic rings. The van der Waals surface area contributed by atoms with Gasteiger partial charge in [0.25, 0.3) is 0 Å². The van der Waals surface area contributed by atoms with E-state index in [-0.39, 0.29) is 10.2 Å². The molecule has 3 rings (SSSR count). The number of carbonyl (C=O) groups excluding carboxylic acids is 4. The molecule has 0 heterocycles. The predicted octanol–water partition coefficient (Wildman–Crippen LogP) is 7.74. The zero-order chi connectivity index (χ0) is 34.6. The average Bonchev–Trinajstić information content (AvgIpc) is 3.11. The van der Waals surface area contributed by atoms with Gasteiger partial charge in [0.2, 0.25) is 10.2 Å². The number of hydrogen-bond acceptors (Lipinski definition) is 11. The number of unbranched alkanes of at least 4 members (excludes halogenated alkanes) is 2. The molecule has 0 radical (unpaired) electrons. The van der Waals surface area contributed by atoms with Crippen LogP contribution >= 0.6 is 23.5 Å².